The quantitative estimate of drug-likeness (QED) is 0.550. The molecule has 0 unspecified atom stereocenters. The molecule has 0 bridgehead atoms. The zero-order chi connectivity index (χ0) is 9.19. The summed E-state index contributed by atoms with van der Waals surface area (Å²) in [6, 6.07) is 0. The minimum Gasteiger partial charge on any atom is -0.387 e. The van der Waals surface area contributed by atoms with Gasteiger partial charge in [0.15, 0.2) is 0 Å². The predicted molar refractivity (Wildman–Crippen MR) is 45.5 cm³/mol. The van der Waals surface area contributed by atoms with Crippen molar-refractivity contribution in [3.63, 3.8) is 0 Å². The maximum absolute atomic E-state index is 11.0. The Morgan fingerprint density at radius 1 is 1.58 bits per heavy atom. The van der Waals surface area contributed by atoms with E-state index in [0.29, 0.717) is 13.1 Å². The fourth-order valence-electron chi connectivity index (χ4n) is 1.37. The summed E-state index contributed by atoms with van der Waals surface area (Å²) >= 11 is 0. The van der Waals surface area contributed by atoms with Gasteiger partial charge in [-0.2, -0.15) is 0 Å². The monoisotopic (exact) mass is 172 g/mol. The summed E-state index contributed by atoms with van der Waals surface area (Å²) in [4.78, 5) is 12.7. The van der Waals surface area contributed by atoms with Crippen LogP contribution in [0.4, 0.5) is 0 Å². The third-order valence-corrected chi connectivity index (χ3v) is 2.39. The van der Waals surface area contributed by atoms with Crippen molar-refractivity contribution < 1.29 is 9.90 Å². The first-order valence-corrected chi connectivity index (χ1v) is 4.23. The molecule has 3 N–H and O–H groups in total. The van der Waals surface area contributed by atoms with Gasteiger partial charge in [0, 0.05) is 18.6 Å². The molecule has 1 rings (SSSR count). The van der Waals surface area contributed by atoms with E-state index in [0.717, 1.165) is 12.8 Å². The highest BCUT2D eigenvalue weighted by Crippen LogP contribution is 2.18. The van der Waals surface area contributed by atoms with E-state index in [1.807, 2.05) is 6.92 Å². The second-order valence-electron chi connectivity index (χ2n) is 3.69. The molecule has 0 aromatic rings. The molecule has 1 saturated heterocycles. The predicted octanol–water partition coefficient (Wildman–Crippen LogP) is -0.681. The number of hydrogen-bond acceptors (Lipinski definition) is 3. The van der Waals surface area contributed by atoms with Gasteiger partial charge < -0.3 is 15.7 Å². The number of amides is 1. The Kier molecular flexibility index (Phi) is 2.69. The smallest absolute Gasteiger partial charge is 0.248 e. The van der Waals surface area contributed by atoms with Crippen molar-refractivity contribution >= 4 is 5.91 Å². The lowest BCUT2D eigenvalue weighted by Crippen LogP contribution is -2.50. The van der Waals surface area contributed by atoms with E-state index in [1.54, 1.807) is 4.90 Å². The standard InChI is InChI=1S/C8H16N2O2/c1-8(9)2-4-10(5-3-8)7(12)6-11/h11H,2-6,9H2,1H3. The van der Waals surface area contributed by atoms with E-state index in [1.165, 1.54) is 0 Å². The number of carbonyl (C=O) groups is 1. The van der Waals surface area contributed by atoms with E-state index in [2.05, 4.69) is 0 Å². The summed E-state index contributed by atoms with van der Waals surface area (Å²) < 4.78 is 0. The Balaban J connectivity index is 2.41. The lowest BCUT2D eigenvalue weighted by molar-refractivity contribution is -0.135. The summed E-state index contributed by atoms with van der Waals surface area (Å²) in [5.41, 5.74) is 5.75. The van der Waals surface area contributed by atoms with Gasteiger partial charge in [-0.3, -0.25) is 4.79 Å². The van der Waals surface area contributed by atoms with Crippen LogP contribution in [0, 0.1) is 0 Å². The van der Waals surface area contributed by atoms with Crippen LogP contribution in [0.25, 0.3) is 0 Å². The van der Waals surface area contributed by atoms with Crippen molar-refractivity contribution in [3.8, 4) is 0 Å². The molecular weight excluding hydrogens is 156 g/mol. The van der Waals surface area contributed by atoms with Gasteiger partial charge in [0.25, 0.3) is 0 Å². The highest BCUT2D eigenvalue weighted by atomic mass is 16.3. The fraction of sp³-hybridized carbons (Fsp3) is 0.875. The Labute approximate surface area is 72.3 Å². The molecule has 1 heterocycles. The number of piperidine rings is 1. The van der Waals surface area contributed by atoms with Crippen molar-refractivity contribution in [1.29, 1.82) is 0 Å². The van der Waals surface area contributed by atoms with Crippen LogP contribution >= 0.6 is 0 Å². The van der Waals surface area contributed by atoms with Gasteiger partial charge in [0.1, 0.15) is 6.61 Å². The van der Waals surface area contributed by atoms with Crippen LogP contribution in [-0.2, 0) is 4.79 Å². The molecule has 1 amide bonds. The lowest BCUT2D eigenvalue weighted by Gasteiger charge is -2.36. The molecule has 0 aromatic carbocycles. The molecular formula is C8H16N2O2. The first-order valence-electron chi connectivity index (χ1n) is 4.23. The number of aliphatic hydroxyl groups excluding tert-OH is 1. The van der Waals surface area contributed by atoms with Gasteiger partial charge in [-0.1, -0.05) is 0 Å². The second-order valence-corrected chi connectivity index (χ2v) is 3.69. The highest BCUT2D eigenvalue weighted by molar-refractivity contribution is 5.77. The molecule has 0 atom stereocenters. The average molecular weight is 172 g/mol. The zero-order valence-corrected chi connectivity index (χ0v) is 7.42. The number of nitrogens with zero attached hydrogens (tertiary/aromatic N) is 1. The third kappa shape index (κ3) is 2.19. The largest absolute Gasteiger partial charge is 0.387 e. The molecule has 0 saturated carbocycles. The fourth-order valence-corrected chi connectivity index (χ4v) is 1.37. The molecule has 0 aliphatic carbocycles. The van der Waals surface area contributed by atoms with E-state index in [9.17, 15) is 4.79 Å². The molecule has 4 nitrogen and oxygen atoms in total. The summed E-state index contributed by atoms with van der Waals surface area (Å²) in [6.07, 6.45) is 1.64. The van der Waals surface area contributed by atoms with E-state index >= 15 is 0 Å². The van der Waals surface area contributed by atoms with Crippen LogP contribution in [0.5, 0.6) is 0 Å². The number of nitrogens with two attached hydrogens (primary N) is 1. The first-order chi connectivity index (χ1) is 5.55. The maximum atomic E-state index is 11.0. The minimum atomic E-state index is -0.388. The van der Waals surface area contributed by atoms with Crippen LogP contribution < -0.4 is 5.73 Å². The van der Waals surface area contributed by atoms with Gasteiger partial charge in [0.2, 0.25) is 5.91 Å². The highest BCUT2D eigenvalue weighted by Gasteiger charge is 2.27. The van der Waals surface area contributed by atoms with Gasteiger partial charge in [0.05, 0.1) is 0 Å². The van der Waals surface area contributed by atoms with Gasteiger partial charge in [-0.05, 0) is 19.8 Å². The average Bonchev–Trinajstić information content (AvgIpc) is 2.03. The van der Waals surface area contributed by atoms with E-state index in [-0.39, 0.29) is 18.1 Å². The molecule has 0 aromatic heterocycles. The van der Waals surface area contributed by atoms with Crippen LogP contribution in [-0.4, -0.2) is 41.1 Å². The normalized spacial score (nSPS) is 22.4. The number of aliphatic hydroxyl groups is 1. The topological polar surface area (TPSA) is 66.6 Å². The number of rotatable bonds is 1. The summed E-state index contributed by atoms with van der Waals surface area (Å²) in [7, 11) is 0. The zero-order valence-electron chi connectivity index (χ0n) is 7.42. The van der Waals surface area contributed by atoms with Gasteiger partial charge >= 0.3 is 0 Å². The van der Waals surface area contributed by atoms with Crippen LogP contribution in [0.3, 0.4) is 0 Å². The van der Waals surface area contributed by atoms with Gasteiger partial charge in [-0.15, -0.1) is 0 Å². The maximum Gasteiger partial charge on any atom is 0.248 e. The number of hydrogen-bond donors (Lipinski definition) is 2. The summed E-state index contributed by atoms with van der Waals surface area (Å²) in [5, 5.41) is 8.59. The molecule has 70 valence electrons. The molecule has 1 aliphatic heterocycles. The van der Waals surface area contributed by atoms with E-state index in [4.69, 9.17) is 10.8 Å². The SMILES string of the molecule is CC1(N)CCN(C(=O)CO)CC1. The molecule has 0 radical (unpaired) electrons. The van der Waals surface area contributed by atoms with Crippen molar-refractivity contribution in [2.24, 2.45) is 5.73 Å². The Morgan fingerprint density at radius 2 is 2.08 bits per heavy atom. The van der Waals surface area contributed by atoms with Crippen LogP contribution in [0.1, 0.15) is 19.8 Å². The second kappa shape index (κ2) is 3.41. The number of carbonyl (C=O) groups excluding carboxylic acids is 1. The molecule has 1 fully saturated rings. The summed E-state index contributed by atoms with van der Waals surface area (Å²) in [6.45, 7) is 2.95. The Hall–Kier alpha value is -0.610. The number of likely N-dealkylation sites (tertiary alicyclic amines) is 1. The summed E-state index contributed by atoms with van der Waals surface area (Å²) in [5.74, 6) is -0.189. The molecule has 12 heavy (non-hydrogen) atoms. The van der Waals surface area contributed by atoms with Crippen LogP contribution in [0.15, 0.2) is 0 Å². The van der Waals surface area contributed by atoms with Crippen molar-refractivity contribution in [3.05, 3.63) is 0 Å². The van der Waals surface area contributed by atoms with E-state index < -0.39 is 0 Å². The lowest BCUT2D eigenvalue weighted by atomic mass is 9.91. The molecule has 1 aliphatic rings. The molecule has 4 heteroatoms. The van der Waals surface area contributed by atoms with Gasteiger partial charge in [-0.25, -0.2) is 0 Å². The Morgan fingerprint density at radius 3 is 2.50 bits per heavy atom. The van der Waals surface area contributed by atoms with Crippen LogP contribution in [0.2, 0.25) is 0 Å². The third-order valence-electron chi connectivity index (χ3n) is 2.39. The molecule has 0 spiro atoms. The van der Waals surface area contributed by atoms with Crippen molar-refractivity contribution in [1.82, 2.24) is 4.90 Å². The first kappa shape index (κ1) is 9.48. The van der Waals surface area contributed by atoms with Crippen molar-refractivity contribution in [2.75, 3.05) is 19.7 Å². The van der Waals surface area contributed by atoms with Crippen molar-refractivity contribution in [2.45, 2.75) is 25.3 Å². The minimum absolute atomic E-state index is 0.133. The Bertz CT molecular complexity index is 170.